The molecule has 1 aromatic heterocycles. The topological polar surface area (TPSA) is 88.4 Å². The lowest BCUT2D eigenvalue weighted by Crippen LogP contribution is -2.30. The molecule has 0 bridgehead atoms. The molecule has 3 N–H and O–H groups in total. The van der Waals surface area contributed by atoms with Crippen LogP contribution in [0.25, 0.3) is 21.7 Å². The van der Waals surface area contributed by atoms with Crippen LogP contribution in [0.3, 0.4) is 0 Å². The van der Waals surface area contributed by atoms with E-state index in [4.69, 9.17) is 22.1 Å². The molecule has 0 radical (unpaired) electrons. The number of amides is 1. The van der Waals surface area contributed by atoms with Gasteiger partial charge in [-0.1, -0.05) is 24.3 Å². The first-order chi connectivity index (χ1) is 15.0. The number of anilines is 2. The fourth-order valence-corrected chi connectivity index (χ4v) is 4.63. The average molecular weight is 434 g/mol. The highest BCUT2D eigenvalue weighted by Crippen LogP contribution is 2.46. The molecule has 1 aliphatic rings. The van der Waals surface area contributed by atoms with Gasteiger partial charge in [-0.25, -0.2) is 0 Å². The van der Waals surface area contributed by atoms with E-state index < -0.39 is 5.97 Å². The van der Waals surface area contributed by atoms with E-state index in [1.54, 1.807) is 23.1 Å². The van der Waals surface area contributed by atoms with Crippen LogP contribution in [0.15, 0.2) is 54.6 Å². The first-order valence-corrected chi connectivity index (χ1v) is 10.5. The second-order valence-electron chi connectivity index (χ2n) is 7.74. The SMILES string of the molecule is CC(=O)Oc1cc2c(c3ccccc13)C(CCl)CN2C(=O)c1cc2cc(N)ccc2[nH]1. The number of alkyl halides is 1. The monoisotopic (exact) mass is 433 g/mol. The maximum atomic E-state index is 13.5. The molecular formula is C24H20ClN3O3. The fourth-order valence-electron chi connectivity index (χ4n) is 4.38. The van der Waals surface area contributed by atoms with E-state index in [9.17, 15) is 9.59 Å². The number of nitrogens with one attached hydrogen (secondary N) is 1. The van der Waals surface area contributed by atoms with Crippen molar-refractivity contribution < 1.29 is 14.3 Å². The standard InChI is InChI=1S/C24H20ClN3O3/c1-13(29)31-22-10-21-23(18-5-3-2-4-17(18)22)15(11-25)12-28(21)24(30)20-9-14-8-16(26)6-7-19(14)27-20/h2-10,15,27H,11-12,26H2,1H3. The highest BCUT2D eigenvalue weighted by molar-refractivity contribution is 6.19. The molecule has 0 saturated heterocycles. The van der Waals surface area contributed by atoms with E-state index in [0.717, 1.165) is 27.2 Å². The van der Waals surface area contributed by atoms with Gasteiger partial charge in [0.2, 0.25) is 0 Å². The van der Waals surface area contributed by atoms with Gasteiger partial charge in [0.15, 0.2) is 0 Å². The minimum atomic E-state index is -0.414. The highest BCUT2D eigenvalue weighted by Gasteiger charge is 2.35. The summed E-state index contributed by atoms with van der Waals surface area (Å²) < 4.78 is 5.49. The molecule has 4 aromatic rings. The van der Waals surface area contributed by atoms with Gasteiger partial charge in [-0.2, -0.15) is 0 Å². The normalized spacial score (nSPS) is 15.4. The smallest absolute Gasteiger partial charge is 0.308 e. The van der Waals surface area contributed by atoms with Crippen molar-refractivity contribution in [1.29, 1.82) is 0 Å². The van der Waals surface area contributed by atoms with Crippen molar-refractivity contribution in [3.63, 3.8) is 0 Å². The number of esters is 1. The minimum absolute atomic E-state index is 0.0306. The Morgan fingerprint density at radius 1 is 1.16 bits per heavy atom. The van der Waals surface area contributed by atoms with Crippen molar-refractivity contribution in [2.45, 2.75) is 12.8 Å². The summed E-state index contributed by atoms with van der Waals surface area (Å²) in [7, 11) is 0. The first kappa shape index (κ1) is 19.5. The van der Waals surface area contributed by atoms with Crippen LogP contribution in [0.5, 0.6) is 5.75 Å². The lowest BCUT2D eigenvalue weighted by molar-refractivity contribution is -0.131. The number of ether oxygens (including phenoxy) is 1. The van der Waals surface area contributed by atoms with Gasteiger partial charge in [0.25, 0.3) is 5.91 Å². The number of halogens is 1. The molecule has 0 fully saturated rings. The summed E-state index contributed by atoms with van der Waals surface area (Å²) in [6.45, 7) is 1.81. The molecule has 1 amide bonds. The average Bonchev–Trinajstić information content (AvgIpc) is 3.34. The van der Waals surface area contributed by atoms with E-state index in [0.29, 0.717) is 35.2 Å². The lowest BCUT2D eigenvalue weighted by Gasteiger charge is -2.18. The maximum absolute atomic E-state index is 13.5. The number of fused-ring (bicyclic) bond motifs is 4. The zero-order valence-corrected chi connectivity index (χ0v) is 17.6. The third-order valence-corrected chi connectivity index (χ3v) is 6.06. The molecule has 0 spiro atoms. The van der Waals surface area contributed by atoms with Crippen molar-refractivity contribution in [2.24, 2.45) is 0 Å². The van der Waals surface area contributed by atoms with Crippen molar-refractivity contribution in [3.05, 3.63) is 65.9 Å². The van der Waals surface area contributed by atoms with Crippen molar-refractivity contribution >= 4 is 56.5 Å². The molecule has 1 unspecified atom stereocenters. The molecule has 0 saturated carbocycles. The van der Waals surface area contributed by atoms with Gasteiger partial charge in [-0.3, -0.25) is 9.59 Å². The molecule has 5 rings (SSSR count). The summed E-state index contributed by atoms with van der Waals surface area (Å²) in [5.41, 5.74) is 9.52. The number of nitrogens with two attached hydrogens (primary N) is 1. The van der Waals surface area contributed by atoms with Gasteiger partial charge in [0.1, 0.15) is 11.4 Å². The molecule has 156 valence electrons. The Morgan fingerprint density at radius 2 is 1.94 bits per heavy atom. The Morgan fingerprint density at radius 3 is 2.68 bits per heavy atom. The zero-order chi connectivity index (χ0) is 21.7. The number of aromatic nitrogens is 1. The van der Waals surface area contributed by atoms with E-state index in [-0.39, 0.29) is 11.8 Å². The maximum Gasteiger partial charge on any atom is 0.308 e. The van der Waals surface area contributed by atoms with E-state index in [1.807, 2.05) is 36.4 Å². The highest BCUT2D eigenvalue weighted by atomic mass is 35.5. The molecule has 1 aliphatic heterocycles. The fraction of sp³-hybridized carbons (Fsp3) is 0.167. The first-order valence-electron chi connectivity index (χ1n) is 9.96. The number of hydrogen-bond donors (Lipinski definition) is 2. The van der Waals surface area contributed by atoms with Crippen LogP contribution in [-0.2, 0) is 4.79 Å². The quantitative estimate of drug-likeness (QED) is 0.210. The Bertz CT molecular complexity index is 1360. The molecule has 31 heavy (non-hydrogen) atoms. The number of hydrogen-bond acceptors (Lipinski definition) is 4. The molecule has 3 aromatic carbocycles. The number of H-pyrrole nitrogens is 1. The molecule has 0 aliphatic carbocycles. The van der Waals surface area contributed by atoms with E-state index in [1.165, 1.54) is 6.92 Å². The molecule has 2 heterocycles. The Hall–Kier alpha value is -3.51. The van der Waals surface area contributed by atoms with Crippen molar-refractivity contribution in [1.82, 2.24) is 4.98 Å². The molecule has 7 heteroatoms. The van der Waals surface area contributed by atoms with Gasteiger partial charge < -0.3 is 20.4 Å². The van der Waals surface area contributed by atoms with E-state index >= 15 is 0 Å². The largest absolute Gasteiger partial charge is 0.426 e. The van der Waals surface area contributed by atoms with Crippen LogP contribution in [0.2, 0.25) is 0 Å². The number of nitrogen functional groups attached to an aromatic ring is 1. The second-order valence-corrected chi connectivity index (χ2v) is 8.05. The van der Waals surface area contributed by atoms with Gasteiger partial charge in [-0.05, 0) is 35.2 Å². The lowest BCUT2D eigenvalue weighted by atomic mass is 9.95. The van der Waals surface area contributed by atoms with Crippen LogP contribution in [0, 0.1) is 0 Å². The third-order valence-electron chi connectivity index (χ3n) is 5.69. The summed E-state index contributed by atoms with van der Waals surface area (Å²) in [5, 5.41) is 2.62. The summed E-state index contributed by atoms with van der Waals surface area (Å²) >= 11 is 6.31. The van der Waals surface area contributed by atoms with Gasteiger partial charge in [-0.15, -0.1) is 11.6 Å². The number of carbonyl (C=O) groups excluding carboxylic acids is 2. The van der Waals surface area contributed by atoms with Crippen LogP contribution < -0.4 is 15.4 Å². The van der Waals surface area contributed by atoms with Crippen LogP contribution in [0.1, 0.15) is 28.9 Å². The second kappa shape index (κ2) is 7.32. The number of aromatic amines is 1. The predicted octanol–water partition coefficient (Wildman–Crippen LogP) is 4.81. The zero-order valence-electron chi connectivity index (χ0n) is 16.8. The number of rotatable bonds is 3. The van der Waals surface area contributed by atoms with Crippen molar-refractivity contribution in [3.8, 4) is 5.75 Å². The van der Waals surface area contributed by atoms with Gasteiger partial charge in [0.05, 0.1) is 5.69 Å². The van der Waals surface area contributed by atoms with Crippen LogP contribution in [0.4, 0.5) is 11.4 Å². The van der Waals surface area contributed by atoms with E-state index in [2.05, 4.69) is 4.98 Å². The number of nitrogens with zero attached hydrogens (tertiary/aromatic N) is 1. The predicted molar refractivity (Wildman–Crippen MR) is 123 cm³/mol. The van der Waals surface area contributed by atoms with Crippen molar-refractivity contribution in [2.75, 3.05) is 23.1 Å². The van der Waals surface area contributed by atoms with Gasteiger partial charge in [0, 0.05) is 53.3 Å². The minimum Gasteiger partial charge on any atom is -0.426 e. The van der Waals surface area contributed by atoms with Crippen LogP contribution in [-0.4, -0.2) is 29.3 Å². The number of benzene rings is 3. The molecule has 1 atom stereocenters. The molecular weight excluding hydrogens is 414 g/mol. The number of carbonyl (C=O) groups is 2. The summed E-state index contributed by atoms with van der Waals surface area (Å²) in [6.07, 6.45) is 0. The van der Waals surface area contributed by atoms with Crippen LogP contribution >= 0.6 is 11.6 Å². The van der Waals surface area contributed by atoms with Gasteiger partial charge >= 0.3 is 5.97 Å². The molecule has 6 nitrogen and oxygen atoms in total. The Kier molecular flexibility index (Phi) is 4.59. The summed E-state index contributed by atoms with van der Waals surface area (Å²) in [5.74, 6) is 0.184. The summed E-state index contributed by atoms with van der Waals surface area (Å²) in [6, 6.07) is 16.7. The summed E-state index contributed by atoms with van der Waals surface area (Å²) in [4.78, 5) is 30.1. The Balaban J connectivity index is 1.66. The Labute approximate surface area is 183 Å². The third kappa shape index (κ3) is 3.20.